The van der Waals surface area contributed by atoms with Crippen molar-refractivity contribution in [3.8, 4) is 0 Å². The van der Waals surface area contributed by atoms with E-state index < -0.39 is 4.92 Å². The van der Waals surface area contributed by atoms with E-state index in [1.807, 2.05) is 6.07 Å². The van der Waals surface area contributed by atoms with Crippen molar-refractivity contribution >= 4 is 23.2 Å². The first kappa shape index (κ1) is 19.1. The van der Waals surface area contributed by atoms with Gasteiger partial charge in [-0.25, -0.2) is 0 Å². The molecule has 6 nitrogen and oxygen atoms in total. The molecule has 1 amide bonds. The molecule has 3 rings (SSSR count). The molecule has 0 aromatic heterocycles. The van der Waals surface area contributed by atoms with Gasteiger partial charge in [-0.1, -0.05) is 36.6 Å². The van der Waals surface area contributed by atoms with Crippen molar-refractivity contribution in [2.24, 2.45) is 5.92 Å². The molecule has 1 heterocycles. The minimum absolute atomic E-state index is 0.0553. The molecule has 0 radical (unpaired) electrons. The number of nitrogens with zero attached hydrogens (tertiary/aromatic N) is 3. The molecular formula is C19H26ClN3O3. The molecule has 0 spiro atoms. The summed E-state index contributed by atoms with van der Waals surface area (Å²) in [6, 6.07) is 5.19. The van der Waals surface area contributed by atoms with E-state index in [9.17, 15) is 14.9 Å². The molecule has 26 heavy (non-hydrogen) atoms. The van der Waals surface area contributed by atoms with Crippen LogP contribution in [0.2, 0.25) is 5.02 Å². The first-order chi connectivity index (χ1) is 12.4. The summed E-state index contributed by atoms with van der Waals surface area (Å²) in [5.74, 6) is 0.494. The van der Waals surface area contributed by atoms with E-state index in [4.69, 9.17) is 11.6 Å². The second kappa shape index (κ2) is 7.92. The molecule has 0 N–H and O–H groups in total. The highest BCUT2D eigenvalue weighted by atomic mass is 35.5. The van der Waals surface area contributed by atoms with Crippen LogP contribution in [0.25, 0.3) is 0 Å². The Morgan fingerprint density at radius 2 is 1.85 bits per heavy atom. The number of halogens is 1. The number of amides is 1. The van der Waals surface area contributed by atoms with Crippen LogP contribution in [0.3, 0.4) is 0 Å². The number of nitro groups is 1. The average Bonchev–Trinajstić information content (AvgIpc) is 3.10. The molecular weight excluding hydrogens is 354 g/mol. The molecule has 2 unspecified atom stereocenters. The smallest absolute Gasteiger partial charge is 0.288 e. The van der Waals surface area contributed by atoms with Crippen LogP contribution in [0.1, 0.15) is 45.1 Å². The van der Waals surface area contributed by atoms with Crippen LogP contribution in [-0.4, -0.2) is 45.8 Å². The third-order valence-electron chi connectivity index (χ3n) is 5.60. The lowest BCUT2D eigenvalue weighted by Gasteiger charge is -2.45. The van der Waals surface area contributed by atoms with Crippen molar-refractivity contribution in [2.75, 3.05) is 13.1 Å². The van der Waals surface area contributed by atoms with E-state index in [2.05, 4.69) is 23.6 Å². The highest BCUT2D eigenvalue weighted by Gasteiger charge is 2.37. The molecule has 1 saturated carbocycles. The Morgan fingerprint density at radius 3 is 2.42 bits per heavy atom. The number of piperazine rings is 1. The van der Waals surface area contributed by atoms with Crippen molar-refractivity contribution in [2.45, 2.75) is 58.2 Å². The Hall–Kier alpha value is -1.66. The molecule has 0 bridgehead atoms. The van der Waals surface area contributed by atoms with Gasteiger partial charge in [0, 0.05) is 43.7 Å². The normalized spacial score (nSPS) is 24.8. The SMILES string of the molecule is CC1CN(Cc2cccc([N+](=O)[O-])c2Cl)CC(C)N1C(=O)C1CCCC1. The molecule has 142 valence electrons. The van der Waals surface area contributed by atoms with Gasteiger partial charge < -0.3 is 4.90 Å². The minimum atomic E-state index is -0.449. The number of rotatable bonds is 4. The van der Waals surface area contributed by atoms with E-state index in [-0.39, 0.29) is 28.7 Å². The second-order valence-electron chi connectivity index (χ2n) is 7.63. The molecule has 1 aromatic rings. The largest absolute Gasteiger partial charge is 0.334 e. The monoisotopic (exact) mass is 379 g/mol. The number of carbonyl (C=O) groups is 1. The zero-order valence-corrected chi connectivity index (χ0v) is 16.1. The summed E-state index contributed by atoms with van der Waals surface area (Å²) in [7, 11) is 0. The molecule has 1 aliphatic heterocycles. The number of carbonyl (C=O) groups excluding carboxylic acids is 1. The topological polar surface area (TPSA) is 66.7 Å². The second-order valence-corrected chi connectivity index (χ2v) is 8.00. The number of hydrogen-bond donors (Lipinski definition) is 0. The molecule has 1 aromatic carbocycles. The molecule has 2 atom stereocenters. The lowest BCUT2D eigenvalue weighted by atomic mass is 10.0. The van der Waals surface area contributed by atoms with Crippen LogP contribution in [0.5, 0.6) is 0 Å². The predicted octanol–water partition coefficient (Wildman–Crippen LogP) is 3.86. The summed E-state index contributed by atoms with van der Waals surface area (Å²) >= 11 is 6.23. The maximum atomic E-state index is 12.9. The van der Waals surface area contributed by atoms with E-state index in [1.54, 1.807) is 6.07 Å². The van der Waals surface area contributed by atoms with Gasteiger partial charge in [-0.15, -0.1) is 0 Å². The Bertz CT molecular complexity index is 679. The first-order valence-electron chi connectivity index (χ1n) is 9.34. The summed E-state index contributed by atoms with van der Waals surface area (Å²) in [5, 5.41) is 11.3. The fourth-order valence-electron chi connectivity index (χ4n) is 4.45. The summed E-state index contributed by atoms with van der Waals surface area (Å²) in [6.45, 7) is 6.24. The highest BCUT2D eigenvalue weighted by molar-refractivity contribution is 6.33. The lowest BCUT2D eigenvalue weighted by molar-refractivity contribution is -0.384. The van der Waals surface area contributed by atoms with Gasteiger partial charge in [-0.2, -0.15) is 0 Å². The van der Waals surface area contributed by atoms with Gasteiger partial charge in [0.2, 0.25) is 5.91 Å². The first-order valence-corrected chi connectivity index (χ1v) is 9.72. The summed E-state index contributed by atoms with van der Waals surface area (Å²) in [6.07, 6.45) is 4.35. The minimum Gasteiger partial charge on any atom is -0.334 e. The van der Waals surface area contributed by atoms with E-state index in [0.29, 0.717) is 12.5 Å². The Balaban J connectivity index is 1.69. The maximum Gasteiger partial charge on any atom is 0.288 e. The van der Waals surface area contributed by atoms with Crippen molar-refractivity contribution in [1.82, 2.24) is 9.80 Å². The molecule has 7 heteroatoms. The average molecular weight is 380 g/mol. The number of nitro benzene ring substituents is 1. The molecule has 2 fully saturated rings. The van der Waals surface area contributed by atoms with Gasteiger partial charge in [0.15, 0.2) is 0 Å². The van der Waals surface area contributed by atoms with E-state index >= 15 is 0 Å². The number of hydrogen-bond acceptors (Lipinski definition) is 4. The van der Waals surface area contributed by atoms with Crippen molar-refractivity contribution < 1.29 is 9.72 Å². The van der Waals surface area contributed by atoms with Crippen molar-refractivity contribution in [3.63, 3.8) is 0 Å². The zero-order valence-electron chi connectivity index (χ0n) is 15.4. The van der Waals surface area contributed by atoms with Gasteiger partial charge >= 0.3 is 0 Å². The van der Waals surface area contributed by atoms with Crippen LogP contribution in [0.15, 0.2) is 18.2 Å². The van der Waals surface area contributed by atoms with Gasteiger partial charge in [-0.3, -0.25) is 19.8 Å². The molecule has 2 aliphatic rings. The van der Waals surface area contributed by atoms with Crippen LogP contribution < -0.4 is 0 Å². The van der Waals surface area contributed by atoms with Crippen molar-refractivity contribution in [1.29, 1.82) is 0 Å². The van der Waals surface area contributed by atoms with Crippen molar-refractivity contribution in [3.05, 3.63) is 38.9 Å². The predicted molar refractivity (Wildman–Crippen MR) is 101 cm³/mol. The van der Waals surface area contributed by atoms with Gasteiger partial charge in [0.05, 0.1) is 4.92 Å². The maximum absolute atomic E-state index is 12.9. The van der Waals surface area contributed by atoms with Crippen LogP contribution >= 0.6 is 11.6 Å². The van der Waals surface area contributed by atoms with Crippen LogP contribution in [0, 0.1) is 16.0 Å². The Labute approximate surface area is 159 Å². The van der Waals surface area contributed by atoms with Crippen LogP contribution in [-0.2, 0) is 11.3 Å². The quantitative estimate of drug-likeness (QED) is 0.588. The number of benzene rings is 1. The summed E-state index contributed by atoms with van der Waals surface area (Å²) in [5.41, 5.74) is 0.705. The Kier molecular flexibility index (Phi) is 5.82. The third-order valence-corrected chi connectivity index (χ3v) is 6.04. The van der Waals surface area contributed by atoms with Crippen LogP contribution in [0.4, 0.5) is 5.69 Å². The van der Waals surface area contributed by atoms with Gasteiger partial charge in [-0.05, 0) is 32.3 Å². The standard InChI is InChI=1S/C19H26ClN3O3/c1-13-10-21(12-16-8-5-9-17(18(16)20)23(25)26)11-14(2)22(13)19(24)15-6-3-4-7-15/h5,8-9,13-15H,3-4,6-7,10-12H2,1-2H3. The fourth-order valence-corrected chi connectivity index (χ4v) is 4.70. The fraction of sp³-hybridized carbons (Fsp3) is 0.632. The zero-order chi connectivity index (χ0) is 18.8. The molecule has 1 aliphatic carbocycles. The Morgan fingerprint density at radius 1 is 1.23 bits per heavy atom. The summed E-state index contributed by atoms with van der Waals surface area (Å²) in [4.78, 5) is 27.8. The van der Waals surface area contributed by atoms with E-state index in [0.717, 1.165) is 44.3 Å². The van der Waals surface area contributed by atoms with Gasteiger partial charge in [0.1, 0.15) is 5.02 Å². The third kappa shape index (κ3) is 3.86. The lowest BCUT2D eigenvalue weighted by Crippen LogP contribution is -2.59. The highest BCUT2D eigenvalue weighted by Crippen LogP contribution is 2.31. The molecule has 1 saturated heterocycles. The summed E-state index contributed by atoms with van der Waals surface area (Å²) < 4.78 is 0. The van der Waals surface area contributed by atoms with E-state index in [1.165, 1.54) is 6.07 Å². The van der Waals surface area contributed by atoms with Gasteiger partial charge in [0.25, 0.3) is 5.69 Å².